The minimum absolute atomic E-state index is 0.0586. The van der Waals surface area contributed by atoms with Crippen LogP contribution < -0.4 is 0 Å². The molecule has 4 fully saturated rings. The Kier molecular flexibility index (Phi) is 18.0. The Hall–Kier alpha value is -5.72. The van der Waals surface area contributed by atoms with E-state index in [1.807, 2.05) is 0 Å². The van der Waals surface area contributed by atoms with E-state index in [0.717, 1.165) is 0 Å². The van der Waals surface area contributed by atoms with Gasteiger partial charge in [-0.15, -0.1) is 0 Å². The van der Waals surface area contributed by atoms with Crippen molar-refractivity contribution in [3.63, 3.8) is 0 Å². The number of rotatable bonds is 8. The van der Waals surface area contributed by atoms with Crippen molar-refractivity contribution in [3.8, 4) is 0 Å². The van der Waals surface area contributed by atoms with Gasteiger partial charge in [-0.25, -0.2) is 18.4 Å². The summed E-state index contributed by atoms with van der Waals surface area (Å²) in [6, 6.07) is 13.7. The first-order valence-electron chi connectivity index (χ1n) is 25.4. The van der Waals surface area contributed by atoms with Crippen molar-refractivity contribution < 1.29 is 99.5 Å². The Morgan fingerprint density at radius 2 is 0.762 bits per heavy atom. The van der Waals surface area contributed by atoms with Crippen molar-refractivity contribution in [2.45, 2.75) is 128 Å². The lowest BCUT2D eigenvalue weighted by Gasteiger charge is -2.40. The number of fused-ring (bicyclic) bond motifs is 2. The highest BCUT2D eigenvalue weighted by Crippen LogP contribution is 2.48. The maximum atomic E-state index is 13.7. The molecule has 0 N–H and O–H groups in total. The van der Waals surface area contributed by atoms with E-state index in [1.54, 1.807) is 41.5 Å². The fourth-order valence-electron chi connectivity index (χ4n) is 10.4. The Balaban J connectivity index is 0.000000231. The van der Waals surface area contributed by atoms with Crippen LogP contribution in [0.3, 0.4) is 0 Å². The maximum Gasteiger partial charge on any atom is 0.416 e. The molecule has 10 atom stereocenters. The molecule has 4 aromatic carbocycles. The summed E-state index contributed by atoms with van der Waals surface area (Å²) in [7, 11) is 0. The molecule has 8 rings (SSSR count). The largest absolute Gasteiger partial charge is 0.444 e. The first kappa shape index (κ1) is 61.9. The van der Waals surface area contributed by atoms with E-state index < -0.39 is 119 Å². The van der Waals surface area contributed by atoms with Gasteiger partial charge in [0, 0.05) is 49.9 Å². The van der Waals surface area contributed by atoms with Gasteiger partial charge >= 0.3 is 36.9 Å². The van der Waals surface area contributed by atoms with Crippen LogP contribution in [0.1, 0.15) is 124 Å². The van der Waals surface area contributed by atoms with Crippen LogP contribution in [0.2, 0.25) is 0 Å². The summed E-state index contributed by atoms with van der Waals surface area (Å²) in [5.41, 5.74) is -6.70. The predicted octanol–water partition coefficient (Wildman–Crippen LogP) is 15.1. The number of hydrogen-bond acceptors (Lipinski definition) is 8. The third kappa shape index (κ3) is 15.4. The smallest absolute Gasteiger partial charge is 0.416 e. The molecule has 440 valence electrons. The standard InChI is InChI=1S/2C28H30F7NO4/c2*1-15(17-9-19(27(30,31)32)11-20(10-17)28(33,34)35)39-24-23(16-5-7-21(29)8-6-16)22-13-36(12-18(22)14-38-24)25(37)40-26(2,3)4/h2*5-11,15,18,22-24H,12-14H2,1-4H3/t15-,18+,22-,23+,24+;15-,18+,22-,23+,24-/m11/s1. The van der Waals surface area contributed by atoms with Crippen molar-refractivity contribution >= 4 is 12.2 Å². The fraction of sp³-hybridized carbons (Fsp3) is 0.536. The minimum atomic E-state index is -5.00. The van der Waals surface area contributed by atoms with Crippen LogP contribution in [0.25, 0.3) is 0 Å². The van der Waals surface area contributed by atoms with Gasteiger partial charge in [0.1, 0.15) is 22.8 Å². The van der Waals surface area contributed by atoms with E-state index in [9.17, 15) is 71.1 Å². The molecule has 4 aliphatic heterocycles. The van der Waals surface area contributed by atoms with Crippen LogP contribution in [0, 0.1) is 35.3 Å². The lowest BCUT2D eigenvalue weighted by Crippen LogP contribution is -2.42. The molecule has 0 unspecified atom stereocenters. The number of halogens is 14. The molecule has 0 saturated carbocycles. The molecule has 10 nitrogen and oxygen atoms in total. The van der Waals surface area contributed by atoms with Crippen LogP contribution in [0.15, 0.2) is 84.9 Å². The SMILES string of the molecule is C[C@@H](O[C@@H]1OC[C@@H]2CN(C(=O)OC(C)(C)C)C[C@H]2[C@@H]1c1ccc(F)cc1)c1cc(C(F)(F)F)cc(C(F)(F)F)c1.C[C@@H](O[C@H]1OC[C@@H]2CN(C(=O)OC(C)(C)C)C[C@H]2[C@@H]1c1ccc(F)cc1)c1cc(C(F)(F)F)cc(C(F)(F)F)c1. The van der Waals surface area contributed by atoms with E-state index in [1.165, 1.54) is 72.2 Å². The summed E-state index contributed by atoms with van der Waals surface area (Å²) in [5, 5.41) is 0. The highest BCUT2D eigenvalue weighted by Gasteiger charge is 2.51. The van der Waals surface area contributed by atoms with Crippen molar-refractivity contribution in [2.24, 2.45) is 23.7 Å². The number of alkyl halides is 12. The van der Waals surface area contributed by atoms with Gasteiger partial charge in [0.15, 0.2) is 12.6 Å². The monoisotopic (exact) mass is 1150 g/mol. The number of ether oxygens (including phenoxy) is 6. The van der Waals surface area contributed by atoms with Gasteiger partial charge in [0.2, 0.25) is 0 Å². The van der Waals surface area contributed by atoms with Gasteiger partial charge in [0.25, 0.3) is 0 Å². The minimum Gasteiger partial charge on any atom is -0.444 e. The summed E-state index contributed by atoms with van der Waals surface area (Å²) in [6.45, 7) is 14.5. The van der Waals surface area contributed by atoms with Crippen molar-refractivity contribution in [2.75, 3.05) is 39.4 Å². The van der Waals surface area contributed by atoms with E-state index in [0.29, 0.717) is 48.5 Å². The Morgan fingerprint density at radius 3 is 1.02 bits per heavy atom. The van der Waals surface area contributed by atoms with Crippen molar-refractivity contribution in [1.82, 2.24) is 9.80 Å². The van der Waals surface area contributed by atoms with E-state index in [-0.39, 0.29) is 73.2 Å². The van der Waals surface area contributed by atoms with Crippen LogP contribution in [-0.2, 0) is 53.1 Å². The summed E-state index contributed by atoms with van der Waals surface area (Å²) >= 11 is 0. The second-order valence-electron chi connectivity index (χ2n) is 22.4. The zero-order valence-corrected chi connectivity index (χ0v) is 44.6. The van der Waals surface area contributed by atoms with E-state index in [4.69, 9.17) is 28.4 Å². The second kappa shape index (κ2) is 23.3. The molecule has 0 aromatic heterocycles. The lowest BCUT2D eigenvalue weighted by molar-refractivity contribution is -0.217. The van der Waals surface area contributed by atoms with E-state index >= 15 is 0 Å². The summed E-state index contributed by atoms with van der Waals surface area (Å²) in [5.74, 6) is -2.98. The van der Waals surface area contributed by atoms with Gasteiger partial charge in [-0.3, -0.25) is 0 Å². The fourth-order valence-corrected chi connectivity index (χ4v) is 10.4. The summed E-state index contributed by atoms with van der Waals surface area (Å²) < 4.78 is 223. The third-order valence-corrected chi connectivity index (χ3v) is 14.1. The lowest BCUT2D eigenvalue weighted by atomic mass is 9.77. The number of benzene rings is 4. The second-order valence-corrected chi connectivity index (χ2v) is 22.4. The van der Waals surface area contributed by atoms with Gasteiger partial charge in [-0.05, 0) is 150 Å². The highest BCUT2D eigenvalue weighted by molar-refractivity contribution is 5.69. The molecule has 0 aliphatic carbocycles. The van der Waals surface area contributed by atoms with Crippen LogP contribution >= 0.6 is 0 Å². The molecule has 0 radical (unpaired) electrons. The normalized spacial score (nSPS) is 24.5. The molecule has 4 aromatic rings. The van der Waals surface area contributed by atoms with Crippen molar-refractivity contribution in [3.05, 3.63) is 141 Å². The number of carbonyl (C=O) groups is 2. The highest BCUT2D eigenvalue weighted by atomic mass is 19.4. The van der Waals surface area contributed by atoms with Crippen LogP contribution in [0.5, 0.6) is 0 Å². The summed E-state index contributed by atoms with van der Waals surface area (Å²) in [4.78, 5) is 28.6. The molecule has 0 bridgehead atoms. The first-order chi connectivity index (χ1) is 36.8. The molecular formula is C56H60F14N2O8. The van der Waals surface area contributed by atoms with Gasteiger partial charge in [-0.2, -0.15) is 52.7 Å². The van der Waals surface area contributed by atoms with E-state index in [2.05, 4.69) is 0 Å². The Morgan fingerprint density at radius 1 is 0.475 bits per heavy atom. The zero-order chi connectivity index (χ0) is 59.2. The molecule has 2 amide bonds. The quantitative estimate of drug-likeness (QED) is 0.161. The molecular weight excluding hydrogens is 1090 g/mol. The first-order valence-corrected chi connectivity index (χ1v) is 25.4. The number of likely N-dealkylation sites (tertiary alicyclic amines) is 2. The number of carbonyl (C=O) groups excluding carboxylic acids is 2. The van der Waals surface area contributed by atoms with Crippen LogP contribution in [0.4, 0.5) is 71.1 Å². The number of hydrogen-bond donors (Lipinski definition) is 0. The topological polar surface area (TPSA) is 96.0 Å². The average molecular weight is 1160 g/mol. The van der Waals surface area contributed by atoms with Crippen LogP contribution in [-0.4, -0.2) is 85.2 Å². The summed E-state index contributed by atoms with van der Waals surface area (Å²) in [6.07, 6.45) is -25.7. The average Bonchev–Trinajstić information content (AvgIpc) is 3.99. The van der Waals surface area contributed by atoms with Gasteiger partial charge in [-0.1, -0.05) is 24.3 Å². The Bertz CT molecular complexity index is 2540. The van der Waals surface area contributed by atoms with Crippen molar-refractivity contribution in [1.29, 1.82) is 0 Å². The number of amides is 2. The van der Waals surface area contributed by atoms with Gasteiger partial charge in [0.05, 0.1) is 47.7 Å². The van der Waals surface area contributed by atoms with Gasteiger partial charge < -0.3 is 38.2 Å². The maximum absolute atomic E-state index is 13.7. The Labute approximate surface area is 452 Å². The number of nitrogens with zero attached hydrogens (tertiary/aromatic N) is 2. The molecule has 24 heteroatoms. The molecule has 4 saturated heterocycles. The molecule has 4 aliphatic rings. The molecule has 4 heterocycles. The zero-order valence-electron chi connectivity index (χ0n) is 44.6. The molecule has 0 spiro atoms. The third-order valence-electron chi connectivity index (χ3n) is 14.1. The predicted molar refractivity (Wildman–Crippen MR) is 259 cm³/mol. The molecule has 80 heavy (non-hydrogen) atoms.